The smallest absolute Gasteiger partial charge is 0.387 e. The topological polar surface area (TPSA) is 58.8 Å². The minimum absolute atomic E-state index is 0.414. The molecule has 0 radical (unpaired) electrons. The van der Waals surface area contributed by atoms with Gasteiger partial charge in [-0.15, -0.1) is 0 Å². The van der Waals surface area contributed by atoms with Gasteiger partial charge in [0.05, 0.1) is 4.92 Å². The Morgan fingerprint density at radius 1 is 1.30 bits per heavy atom. The molecular formula is C12H15F2N3O3. The molecule has 1 aromatic rings. The SMILES string of the molecule is CN1CCN(c2ccc(OC(F)F)c([N+](=O)[O-])c2)CC1. The molecular weight excluding hydrogens is 272 g/mol. The number of alkyl halides is 2. The number of nitro benzene ring substituents is 1. The molecule has 8 heteroatoms. The molecule has 0 amide bonds. The summed E-state index contributed by atoms with van der Waals surface area (Å²) in [5, 5.41) is 10.9. The molecule has 0 saturated carbocycles. The lowest BCUT2D eigenvalue weighted by Gasteiger charge is -2.34. The number of nitrogens with zero attached hydrogens (tertiary/aromatic N) is 3. The highest BCUT2D eigenvalue weighted by atomic mass is 19.3. The van der Waals surface area contributed by atoms with Crippen molar-refractivity contribution in [2.45, 2.75) is 6.61 Å². The zero-order valence-corrected chi connectivity index (χ0v) is 11.0. The third-order valence-corrected chi connectivity index (χ3v) is 3.22. The second-order valence-corrected chi connectivity index (χ2v) is 4.58. The summed E-state index contributed by atoms with van der Waals surface area (Å²) >= 11 is 0. The van der Waals surface area contributed by atoms with E-state index in [-0.39, 0.29) is 0 Å². The average Bonchev–Trinajstić information content (AvgIpc) is 2.39. The van der Waals surface area contributed by atoms with Crippen molar-refractivity contribution >= 4 is 11.4 Å². The number of ether oxygens (including phenoxy) is 1. The maximum atomic E-state index is 12.2. The van der Waals surface area contributed by atoms with E-state index < -0.39 is 23.0 Å². The molecule has 2 rings (SSSR count). The number of hydrogen-bond acceptors (Lipinski definition) is 5. The lowest BCUT2D eigenvalue weighted by Crippen LogP contribution is -2.44. The molecule has 1 fully saturated rings. The van der Waals surface area contributed by atoms with Crippen LogP contribution < -0.4 is 9.64 Å². The lowest BCUT2D eigenvalue weighted by atomic mass is 10.2. The Labute approximate surface area is 114 Å². The van der Waals surface area contributed by atoms with Crippen molar-refractivity contribution < 1.29 is 18.4 Å². The van der Waals surface area contributed by atoms with Crippen molar-refractivity contribution in [3.8, 4) is 5.75 Å². The van der Waals surface area contributed by atoms with E-state index in [0.29, 0.717) is 5.69 Å². The van der Waals surface area contributed by atoms with E-state index in [9.17, 15) is 18.9 Å². The predicted octanol–water partition coefficient (Wildman–Crippen LogP) is 1.95. The van der Waals surface area contributed by atoms with Crippen LogP contribution in [-0.2, 0) is 0 Å². The molecule has 1 heterocycles. The van der Waals surface area contributed by atoms with E-state index in [1.165, 1.54) is 12.1 Å². The first kappa shape index (κ1) is 14.4. The van der Waals surface area contributed by atoms with Crippen molar-refractivity contribution in [3.05, 3.63) is 28.3 Å². The molecule has 1 saturated heterocycles. The van der Waals surface area contributed by atoms with Gasteiger partial charge in [0, 0.05) is 37.9 Å². The molecule has 0 bridgehead atoms. The highest BCUT2D eigenvalue weighted by molar-refractivity contribution is 5.60. The van der Waals surface area contributed by atoms with E-state index in [2.05, 4.69) is 9.64 Å². The van der Waals surface area contributed by atoms with Crippen LogP contribution in [-0.4, -0.2) is 49.7 Å². The molecule has 1 aliphatic heterocycles. The fourth-order valence-electron chi connectivity index (χ4n) is 2.11. The fraction of sp³-hybridized carbons (Fsp3) is 0.500. The van der Waals surface area contributed by atoms with E-state index >= 15 is 0 Å². The van der Waals surface area contributed by atoms with Gasteiger partial charge in [0.25, 0.3) is 0 Å². The molecule has 0 spiro atoms. The van der Waals surface area contributed by atoms with Crippen molar-refractivity contribution in [1.29, 1.82) is 0 Å². The molecule has 0 unspecified atom stereocenters. The molecule has 0 aliphatic carbocycles. The van der Waals surface area contributed by atoms with Crippen molar-refractivity contribution in [2.24, 2.45) is 0 Å². The number of rotatable bonds is 4. The third-order valence-electron chi connectivity index (χ3n) is 3.22. The normalized spacial score (nSPS) is 16.5. The Hall–Kier alpha value is -1.96. The van der Waals surface area contributed by atoms with Crippen LogP contribution in [0.3, 0.4) is 0 Å². The number of likely N-dealkylation sites (N-methyl/N-ethyl adjacent to an activating group) is 1. The van der Waals surface area contributed by atoms with Crippen LogP contribution in [0.25, 0.3) is 0 Å². The standard InChI is InChI=1S/C12H15F2N3O3/c1-15-4-6-16(7-5-15)9-2-3-11(20-12(13)14)10(8-9)17(18)19/h2-3,8,12H,4-7H2,1H3. The summed E-state index contributed by atoms with van der Waals surface area (Å²) in [6, 6.07) is 4.07. The molecule has 1 aliphatic rings. The van der Waals surface area contributed by atoms with Crippen LogP contribution in [0, 0.1) is 10.1 Å². The van der Waals surface area contributed by atoms with Crippen LogP contribution in [0.2, 0.25) is 0 Å². The van der Waals surface area contributed by atoms with Crippen molar-refractivity contribution in [2.75, 3.05) is 38.1 Å². The van der Waals surface area contributed by atoms with Gasteiger partial charge in [-0.05, 0) is 19.2 Å². The minimum Gasteiger partial charge on any atom is -0.427 e. The average molecular weight is 287 g/mol. The second kappa shape index (κ2) is 6.00. The summed E-state index contributed by atoms with van der Waals surface area (Å²) in [6.07, 6.45) is 0. The second-order valence-electron chi connectivity index (χ2n) is 4.58. The third kappa shape index (κ3) is 3.32. The summed E-state index contributed by atoms with van der Waals surface area (Å²) in [5.41, 5.74) is 0.202. The van der Waals surface area contributed by atoms with Gasteiger partial charge >= 0.3 is 12.3 Å². The van der Waals surface area contributed by atoms with Gasteiger partial charge in [-0.3, -0.25) is 10.1 Å². The monoisotopic (exact) mass is 287 g/mol. The maximum Gasteiger partial charge on any atom is 0.387 e. The zero-order chi connectivity index (χ0) is 14.7. The highest BCUT2D eigenvalue weighted by Crippen LogP contribution is 2.32. The quantitative estimate of drug-likeness (QED) is 0.625. The number of nitro groups is 1. The largest absolute Gasteiger partial charge is 0.427 e. The first-order chi connectivity index (χ1) is 9.47. The number of hydrogen-bond donors (Lipinski definition) is 0. The summed E-state index contributed by atoms with van der Waals surface area (Å²) < 4.78 is 28.6. The number of anilines is 1. The molecule has 1 aromatic carbocycles. The Kier molecular flexibility index (Phi) is 4.33. The Balaban J connectivity index is 2.23. The van der Waals surface area contributed by atoms with Crippen LogP contribution in [0.4, 0.5) is 20.2 Å². The van der Waals surface area contributed by atoms with E-state index in [1.807, 2.05) is 11.9 Å². The lowest BCUT2D eigenvalue weighted by molar-refractivity contribution is -0.386. The van der Waals surface area contributed by atoms with Crippen LogP contribution in [0.1, 0.15) is 0 Å². The van der Waals surface area contributed by atoms with Gasteiger partial charge in [0.1, 0.15) is 0 Å². The van der Waals surface area contributed by atoms with Gasteiger partial charge in [-0.25, -0.2) is 0 Å². The van der Waals surface area contributed by atoms with Gasteiger partial charge in [0.2, 0.25) is 5.75 Å². The van der Waals surface area contributed by atoms with Gasteiger partial charge in [0.15, 0.2) is 0 Å². The fourth-order valence-corrected chi connectivity index (χ4v) is 2.11. The van der Waals surface area contributed by atoms with Crippen molar-refractivity contribution in [1.82, 2.24) is 4.90 Å². The minimum atomic E-state index is -3.08. The number of halogens is 2. The Bertz CT molecular complexity index is 491. The van der Waals surface area contributed by atoms with Gasteiger partial charge in [-0.2, -0.15) is 8.78 Å². The first-order valence-electron chi connectivity index (χ1n) is 6.14. The van der Waals surface area contributed by atoms with Crippen LogP contribution >= 0.6 is 0 Å². The van der Waals surface area contributed by atoms with Gasteiger partial charge < -0.3 is 14.5 Å². The molecule has 0 atom stereocenters. The number of benzene rings is 1. The first-order valence-corrected chi connectivity index (χ1v) is 6.14. The summed E-state index contributed by atoms with van der Waals surface area (Å²) in [6.45, 7) is 0.0978. The Morgan fingerprint density at radius 3 is 2.50 bits per heavy atom. The van der Waals surface area contributed by atoms with E-state index in [1.54, 1.807) is 6.07 Å². The molecule has 20 heavy (non-hydrogen) atoms. The van der Waals surface area contributed by atoms with E-state index in [4.69, 9.17) is 0 Å². The van der Waals surface area contributed by atoms with Crippen molar-refractivity contribution in [3.63, 3.8) is 0 Å². The summed E-state index contributed by atoms with van der Waals surface area (Å²) in [4.78, 5) is 14.4. The maximum absolute atomic E-state index is 12.2. The van der Waals surface area contributed by atoms with Gasteiger partial charge in [-0.1, -0.05) is 0 Å². The molecule has 6 nitrogen and oxygen atoms in total. The van der Waals surface area contributed by atoms with Crippen LogP contribution in [0.15, 0.2) is 18.2 Å². The summed E-state index contributed by atoms with van der Waals surface area (Å²) in [5.74, 6) is -0.414. The zero-order valence-electron chi connectivity index (χ0n) is 11.0. The molecule has 0 aromatic heterocycles. The van der Waals surface area contributed by atoms with E-state index in [0.717, 1.165) is 26.2 Å². The number of piperazine rings is 1. The molecule has 0 N–H and O–H groups in total. The van der Waals surface area contributed by atoms with Crippen LogP contribution in [0.5, 0.6) is 5.75 Å². The summed E-state index contributed by atoms with van der Waals surface area (Å²) in [7, 11) is 2.00. The predicted molar refractivity (Wildman–Crippen MR) is 69.4 cm³/mol. The highest BCUT2D eigenvalue weighted by Gasteiger charge is 2.22. The Morgan fingerprint density at radius 2 is 1.95 bits per heavy atom. The molecule has 110 valence electrons.